The van der Waals surface area contributed by atoms with Crippen LogP contribution in [0.25, 0.3) is 22.3 Å². The van der Waals surface area contributed by atoms with Gasteiger partial charge in [0.2, 0.25) is 0 Å². The quantitative estimate of drug-likeness (QED) is 0.147. The molecule has 10 aromatic carbocycles. The molecule has 0 bridgehead atoms. The van der Waals surface area contributed by atoms with Crippen molar-refractivity contribution in [1.29, 1.82) is 0 Å². The Balaban J connectivity index is 0.00000680. The summed E-state index contributed by atoms with van der Waals surface area (Å²) < 4.78 is 7.01. The second-order valence-electron chi connectivity index (χ2n) is 26.6. The number of hydrogen-bond donors (Lipinski definition) is 0. The number of aromatic nitrogens is 1. The minimum absolute atomic E-state index is 0. The van der Waals surface area contributed by atoms with Gasteiger partial charge < -0.3 is 29.2 Å². The number of fused-ring (bicyclic) bond motifs is 10. The largest absolute Gasteiger partial charge is 0.509 e. The van der Waals surface area contributed by atoms with Gasteiger partial charge >= 0.3 is 0 Å². The Bertz CT molecular complexity index is 4340. The van der Waals surface area contributed by atoms with Gasteiger partial charge in [-0.05, 0) is 117 Å². The number of benzene rings is 10. The first-order valence-corrected chi connectivity index (χ1v) is 30.4. The van der Waals surface area contributed by atoms with Gasteiger partial charge in [0.15, 0.2) is 0 Å². The fraction of sp³-hybridized carbons (Fsp3) is 0.175. The molecule has 0 unspecified atom stereocenters. The summed E-state index contributed by atoms with van der Waals surface area (Å²) in [6.45, 7) is 25.4. The first kappa shape index (κ1) is 56.6. The van der Waals surface area contributed by atoms with Crippen LogP contribution in [0.5, 0.6) is 11.5 Å². The topological polar surface area (TPSA) is 38.3 Å². The van der Waals surface area contributed by atoms with Crippen LogP contribution in [0.2, 0.25) is 0 Å². The SMILES string of the molecule is CC(C)(C)c1ccnc(N2c3[c-]c(Oc4[c-]c(N5[CH-]N(c6c(N7c8ccccc8C(C)(C)c8ccccc87)cc(C(C)(C)C)cc6N6c7ccccc7C(C)(C)c7ccccc76)c6ccccc65)ccc4)ccc3-c3ccccc3-c3ccccc32)c1.[Pt]. The molecule has 15 rings (SSSR count). The van der Waals surface area contributed by atoms with E-state index in [-0.39, 0.29) is 42.7 Å². The molecule has 7 nitrogen and oxygen atoms in total. The molecule has 8 heteroatoms. The molecule has 0 aliphatic carbocycles. The molecule has 0 N–H and O–H groups in total. The third-order valence-corrected chi connectivity index (χ3v) is 18.4. The average Bonchev–Trinajstić information content (AvgIpc) is 0.888. The number of rotatable bonds is 7. The number of para-hydroxylation sites is 7. The summed E-state index contributed by atoms with van der Waals surface area (Å²) >= 11 is 0. The molecule has 0 fully saturated rings. The number of pyridine rings is 1. The van der Waals surface area contributed by atoms with Crippen molar-refractivity contribution in [3.05, 3.63) is 283 Å². The van der Waals surface area contributed by atoms with Crippen LogP contribution in [0.1, 0.15) is 103 Å². The Hall–Kier alpha value is -9.16. The zero-order valence-electron chi connectivity index (χ0n) is 51.4. The maximum atomic E-state index is 7.01. The van der Waals surface area contributed by atoms with Crippen LogP contribution in [0.15, 0.2) is 231 Å². The summed E-state index contributed by atoms with van der Waals surface area (Å²) in [6.07, 6.45) is 1.92. The fourth-order valence-corrected chi connectivity index (χ4v) is 13.9. The first-order valence-electron chi connectivity index (χ1n) is 30.4. The third kappa shape index (κ3) is 9.06. The van der Waals surface area contributed by atoms with Crippen molar-refractivity contribution in [2.24, 2.45) is 0 Å². The van der Waals surface area contributed by atoms with Crippen molar-refractivity contribution in [3.8, 4) is 33.8 Å². The second-order valence-corrected chi connectivity index (χ2v) is 26.6. The molecule has 0 radical (unpaired) electrons. The third-order valence-electron chi connectivity index (χ3n) is 18.4. The zero-order valence-corrected chi connectivity index (χ0v) is 53.7. The predicted octanol–water partition coefficient (Wildman–Crippen LogP) is 21.8. The number of hydrogen-bond acceptors (Lipinski definition) is 7. The summed E-state index contributed by atoms with van der Waals surface area (Å²) in [5.41, 5.74) is 23.6. The molecule has 4 aliphatic rings. The first-order chi connectivity index (χ1) is 41.9. The molecule has 88 heavy (non-hydrogen) atoms. The minimum Gasteiger partial charge on any atom is -0.509 e. The fourth-order valence-electron chi connectivity index (χ4n) is 13.9. The van der Waals surface area contributed by atoms with Gasteiger partial charge in [0.1, 0.15) is 5.82 Å². The second kappa shape index (κ2) is 21.0. The van der Waals surface area contributed by atoms with Crippen LogP contribution in [0.4, 0.5) is 74.1 Å². The maximum absolute atomic E-state index is 7.01. The number of ether oxygens (including phenoxy) is 1. The van der Waals surface area contributed by atoms with E-state index in [1.807, 2.05) is 18.3 Å². The van der Waals surface area contributed by atoms with Crippen LogP contribution in [0.3, 0.4) is 0 Å². The summed E-state index contributed by atoms with van der Waals surface area (Å²) in [6, 6.07) is 89.2. The molecular weight excluding hydrogens is 1260 g/mol. The van der Waals surface area contributed by atoms with Crippen molar-refractivity contribution < 1.29 is 25.8 Å². The maximum Gasteiger partial charge on any atom is 0.135 e. The van der Waals surface area contributed by atoms with Gasteiger partial charge in [-0.15, -0.1) is 48.3 Å². The number of nitrogens with zero attached hydrogens (tertiary/aromatic N) is 6. The molecule has 0 spiro atoms. The van der Waals surface area contributed by atoms with Crippen LogP contribution in [0, 0.1) is 18.8 Å². The Labute approximate surface area is 533 Å². The molecule has 1 aromatic heterocycles. The van der Waals surface area contributed by atoms with Gasteiger partial charge in [-0.25, -0.2) is 4.98 Å². The molecule has 0 saturated carbocycles. The van der Waals surface area contributed by atoms with Gasteiger partial charge in [0.05, 0.1) is 45.5 Å². The summed E-state index contributed by atoms with van der Waals surface area (Å²) in [5, 5.41) is 0. The van der Waals surface area contributed by atoms with E-state index in [0.717, 1.165) is 96.3 Å². The standard InChI is InChI=1S/C80H69N6O.Pt/c1-77(2,3)52-44-45-81-75(48-52)86-65-35-18-13-30-59(65)57-28-11-12-29-58(57)60-43-42-56(50-72(60)86)87-55-27-25-26-54(49-55)82-51-83(71-41-24-23-40-70(71)82)76-73(84-66-36-19-14-31-61(66)79(7,8)62-32-15-20-37-67(62)84)46-53(78(4,5)6)47-74(76)85-68-38-21-16-33-63(68)80(9,10)64-34-17-22-39-69(64)85;/h11-48,51H,1-10H3;/q-3;. The molecular formula is C80H69N6OPt-3. The average molecular weight is 1330 g/mol. The van der Waals surface area contributed by atoms with E-state index in [1.165, 1.54) is 33.4 Å². The Morgan fingerprint density at radius 2 is 0.830 bits per heavy atom. The monoisotopic (exact) mass is 1320 g/mol. The number of anilines is 13. The van der Waals surface area contributed by atoms with Crippen molar-refractivity contribution >= 4 is 74.1 Å². The summed E-state index contributed by atoms with van der Waals surface area (Å²) in [7, 11) is 0. The van der Waals surface area contributed by atoms with Crippen molar-refractivity contribution in [3.63, 3.8) is 0 Å². The van der Waals surface area contributed by atoms with Crippen LogP contribution in [-0.2, 0) is 42.7 Å². The minimum atomic E-state index is -0.265. The Morgan fingerprint density at radius 3 is 1.35 bits per heavy atom. The van der Waals surface area contributed by atoms with Crippen molar-refractivity contribution in [1.82, 2.24) is 4.98 Å². The summed E-state index contributed by atoms with van der Waals surface area (Å²) in [4.78, 5) is 17.1. The van der Waals surface area contributed by atoms with Crippen molar-refractivity contribution in [2.75, 3.05) is 24.5 Å². The van der Waals surface area contributed by atoms with Gasteiger partial charge in [0.25, 0.3) is 0 Å². The van der Waals surface area contributed by atoms with E-state index in [1.54, 1.807) is 0 Å². The van der Waals surface area contributed by atoms with Gasteiger partial charge in [-0.2, -0.15) is 12.1 Å². The smallest absolute Gasteiger partial charge is 0.135 e. The van der Waals surface area contributed by atoms with E-state index >= 15 is 0 Å². The Kier molecular flexibility index (Phi) is 13.5. The van der Waals surface area contributed by atoms with Crippen LogP contribution in [-0.4, -0.2) is 4.98 Å². The van der Waals surface area contributed by atoms with Gasteiger partial charge in [-0.3, -0.25) is 0 Å². The van der Waals surface area contributed by atoms with E-state index < -0.39 is 0 Å². The van der Waals surface area contributed by atoms with E-state index in [9.17, 15) is 0 Å². The van der Waals surface area contributed by atoms with Crippen LogP contribution < -0.4 is 29.2 Å². The molecule has 438 valence electrons. The molecule has 11 aromatic rings. The van der Waals surface area contributed by atoms with Crippen LogP contribution >= 0.6 is 0 Å². The zero-order chi connectivity index (χ0) is 59.7. The summed E-state index contributed by atoms with van der Waals surface area (Å²) in [5.74, 6) is 1.94. The molecule has 4 aliphatic heterocycles. The van der Waals surface area contributed by atoms with Gasteiger partial charge in [-0.1, -0.05) is 208 Å². The Morgan fingerprint density at radius 1 is 0.386 bits per heavy atom. The predicted molar refractivity (Wildman–Crippen MR) is 360 cm³/mol. The molecule has 5 heterocycles. The van der Waals surface area contributed by atoms with Crippen molar-refractivity contribution in [2.45, 2.75) is 90.9 Å². The molecule has 0 saturated heterocycles. The normalized spacial score (nSPS) is 14.9. The molecule has 0 amide bonds. The van der Waals surface area contributed by atoms with E-state index in [2.05, 4.69) is 325 Å². The van der Waals surface area contributed by atoms with Gasteiger partial charge in [0, 0.05) is 66.5 Å². The molecule has 0 atom stereocenters. The van der Waals surface area contributed by atoms with E-state index in [4.69, 9.17) is 9.72 Å². The van der Waals surface area contributed by atoms with E-state index in [0.29, 0.717) is 11.5 Å².